The number of hydrogen-bond acceptors (Lipinski definition) is 4. The molecule has 0 spiro atoms. The number of aliphatic carboxylic acids is 1. The van der Waals surface area contributed by atoms with Crippen molar-refractivity contribution in [1.29, 1.82) is 0 Å². The molecule has 2 aliphatic rings. The van der Waals surface area contributed by atoms with E-state index in [1.54, 1.807) is 0 Å². The van der Waals surface area contributed by atoms with Gasteiger partial charge in [-0.2, -0.15) is 0 Å². The Hall–Kier alpha value is -1.14. The van der Waals surface area contributed by atoms with Gasteiger partial charge in [0.05, 0.1) is 25.0 Å². The van der Waals surface area contributed by atoms with Crippen LogP contribution in [0.5, 0.6) is 0 Å². The Morgan fingerprint density at radius 3 is 2.47 bits per heavy atom. The maximum atomic E-state index is 12.2. The van der Waals surface area contributed by atoms with E-state index in [1.807, 2.05) is 11.9 Å². The lowest BCUT2D eigenvalue weighted by Gasteiger charge is -2.28. The summed E-state index contributed by atoms with van der Waals surface area (Å²) in [5, 5.41) is 11.1. The van der Waals surface area contributed by atoms with E-state index in [1.165, 1.54) is 0 Å². The van der Waals surface area contributed by atoms with E-state index in [-0.39, 0.29) is 5.91 Å². The zero-order chi connectivity index (χ0) is 13.8. The van der Waals surface area contributed by atoms with E-state index in [2.05, 4.69) is 5.43 Å². The molecule has 2 rings (SSSR count). The molecule has 0 aromatic carbocycles. The minimum Gasteiger partial charge on any atom is -0.481 e. The second kappa shape index (κ2) is 6.34. The molecule has 1 heterocycles. The first-order valence-electron chi connectivity index (χ1n) is 6.97. The monoisotopic (exact) mass is 270 g/mol. The molecule has 0 aromatic rings. The van der Waals surface area contributed by atoms with Crippen LogP contribution >= 0.6 is 0 Å². The molecule has 0 bridgehead atoms. The maximum Gasteiger partial charge on any atom is 0.307 e. The number of carboxylic acid groups (broad SMARTS) is 1. The Kier molecular flexibility index (Phi) is 4.76. The summed E-state index contributed by atoms with van der Waals surface area (Å²) in [5.41, 5.74) is 2.84. The largest absolute Gasteiger partial charge is 0.481 e. The van der Waals surface area contributed by atoms with E-state index in [0.717, 1.165) is 6.42 Å². The van der Waals surface area contributed by atoms with Crippen molar-refractivity contribution < 1.29 is 19.4 Å². The van der Waals surface area contributed by atoms with Gasteiger partial charge >= 0.3 is 5.97 Å². The lowest BCUT2D eigenvalue weighted by molar-refractivity contribution is -0.147. The number of rotatable bonds is 4. The molecular formula is C13H22N2O4. The van der Waals surface area contributed by atoms with Crippen molar-refractivity contribution in [2.45, 2.75) is 26.2 Å². The first-order chi connectivity index (χ1) is 9.11. The SMILES string of the molecule is CCC1CC(C(=O)O)C(C(=O)NN2CCOCC2)C1. The average Bonchev–Trinajstić information content (AvgIpc) is 2.84. The molecule has 1 aliphatic carbocycles. The minimum atomic E-state index is -0.849. The van der Waals surface area contributed by atoms with E-state index in [4.69, 9.17) is 4.74 Å². The van der Waals surface area contributed by atoms with Gasteiger partial charge in [0.15, 0.2) is 0 Å². The van der Waals surface area contributed by atoms with Crippen molar-refractivity contribution in [3.05, 3.63) is 0 Å². The van der Waals surface area contributed by atoms with Crippen LogP contribution in [-0.4, -0.2) is 48.3 Å². The second-order valence-corrected chi connectivity index (χ2v) is 5.37. The smallest absolute Gasteiger partial charge is 0.307 e. The van der Waals surface area contributed by atoms with Crippen LogP contribution < -0.4 is 5.43 Å². The van der Waals surface area contributed by atoms with Crippen LogP contribution in [0.4, 0.5) is 0 Å². The zero-order valence-corrected chi connectivity index (χ0v) is 11.3. The molecule has 6 heteroatoms. The molecule has 3 unspecified atom stereocenters. The number of hydrazine groups is 1. The van der Waals surface area contributed by atoms with E-state index >= 15 is 0 Å². The summed E-state index contributed by atoms with van der Waals surface area (Å²) in [4.78, 5) is 23.5. The standard InChI is InChI=1S/C13H22N2O4/c1-2-9-7-10(11(8-9)13(17)18)12(16)14-15-3-5-19-6-4-15/h9-11H,2-8H2,1H3,(H,14,16)(H,17,18). The maximum absolute atomic E-state index is 12.2. The third-order valence-electron chi connectivity index (χ3n) is 4.17. The third-order valence-corrected chi connectivity index (χ3v) is 4.17. The van der Waals surface area contributed by atoms with Crippen LogP contribution in [0.25, 0.3) is 0 Å². The molecule has 108 valence electrons. The molecular weight excluding hydrogens is 248 g/mol. The number of hydrogen-bond donors (Lipinski definition) is 2. The lowest BCUT2D eigenvalue weighted by Crippen LogP contribution is -2.51. The number of carbonyl (C=O) groups is 2. The molecule has 1 aliphatic heterocycles. The normalized spacial score (nSPS) is 32.2. The first kappa shape index (κ1) is 14.3. The molecule has 2 N–H and O–H groups in total. The van der Waals surface area contributed by atoms with Crippen LogP contribution in [0.2, 0.25) is 0 Å². The Morgan fingerprint density at radius 2 is 1.89 bits per heavy atom. The van der Waals surface area contributed by atoms with E-state index in [9.17, 15) is 14.7 Å². The Bertz CT molecular complexity index is 342. The topological polar surface area (TPSA) is 78.9 Å². The van der Waals surface area contributed by atoms with Crippen molar-refractivity contribution in [1.82, 2.24) is 10.4 Å². The number of nitrogens with one attached hydrogen (secondary N) is 1. The molecule has 0 radical (unpaired) electrons. The lowest BCUT2D eigenvalue weighted by atomic mass is 9.96. The van der Waals surface area contributed by atoms with Crippen LogP contribution in [0.3, 0.4) is 0 Å². The van der Waals surface area contributed by atoms with Gasteiger partial charge in [-0.3, -0.25) is 15.0 Å². The highest BCUT2D eigenvalue weighted by Crippen LogP contribution is 2.38. The van der Waals surface area contributed by atoms with Gasteiger partial charge in [0.1, 0.15) is 0 Å². The van der Waals surface area contributed by atoms with Gasteiger partial charge in [0, 0.05) is 13.1 Å². The van der Waals surface area contributed by atoms with Gasteiger partial charge in [-0.25, -0.2) is 5.01 Å². The highest BCUT2D eigenvalue weighted by molar-refractivity contribution is 5.85. The zero-order valence-electron chi connectivity index (χ0n) is 11.3. The van der Waals surface area contributed by atoms with E-state index in [0.29, 0.717) is 45.1 Å². The Labute approximate surface area is 113 Å². The fraction of sp³-hybridized carbons (Fsp3) is 0.846. The number of nitrogens with zero attached hydrogens (tertiary/aromatic N) is 1. The molecule has 1 amide bonds. The molecule has 19 heavy (non-hydrogen) atoms. The van der Waals surface area contributed by atoms with Gasteiger partial charge in [-0.1, -0.05) is 13.3 Å². The summed E-state index contributed by atoms with van der Waals surface area (Å²) in [7, 11) is 0. The summed E-state index contributed by atoms with van der Waals surface area (Å²) in [6, 6.07) is 0. The molecule has 1 saturated heterocycles. The first-order valence-corrected chi connectivity index (χ1v) is 6.97. The number of morpholine rings is 1. The Balaban J connectivity index is 1.94. The van der Waals surface area contributed by atoms with Crippen molar-refractivity contribution >= 4 is 11.9 Å². The van der Waals surface area contributed by atoms with Crippen LogP contribution in [-0.2, 0) is 14.3 Å². The molecule has 1 saturated carbocycles. The molecule has 0 aromatic heterocycles. The minimum absolute atomic E-state index is 0.148. The average molecular weight is 270 g/mol. The van der Waals surface area contributed by atoms with Crippen LogP contribution in [0, 0.1) is 17.8 Å². The third kappa shape index (κ3) is 3.45. The fourth-order valence-electron chi connectivity index (χ4n) is 2.95. The number of carboxylic acids is 1. The van der Waals surface area contributed by atoms with Gasteiger partial charge in [0.2, 0.25) is 5.91 Å². The number of ether oxygens (including phenoxy) is 1. The summed E-state index contributed by atoms with van der Waals surface area (Å²) in [6.45, 7) is 4.57. The van der Waals surface area contributed by atoms with Gasteiger partial charge < -0.3 is 9.84 Å². The highest BCUT2D eigenvalue weighted by Gasteiger charge is 2.42. The van der Waals surface area contributed by atoms with Gasteiger partial charge in [-0.05, 0) is 18.8 Å². The van der Waals surface area contributed by atoms with Crippen molar-refractivity contribution in [2.75, 3.05) is 26.3 Å². The Morgan fingerprint density at radius 1 is 1.26 bits per heavy atom. The van der Waals surface area contributed by atoms with E-state index < -0.39 is 17.8 Å². The summed E-state index contributed by atoms with van der Waals surface area (Å²) < 4.78 is 5.21. The van der Waals surface area contributed by atoms with Crippen molar-refractivity contribution in [2.24, 2.45) is 17.8 Å². The molecule has 6 nitrogen and oxygen atoms in total. The molecule has 2 fully saturated rings. The molecule has 3 atom stereocenters. The van der Waals surface area contributed by atoms with Crippen molar-refractivity contribution in [3.8, 4) is 0 Å². The predicted octanol–water partition coefficient (Wildman–Crippen LogP) is 0.487. The number of carbonyl (C=O) groups excluding carboxylic acids is 1. The predicted molar refractivity (Wildman–Crippen MR) is 68.2 cm³/mol. The number of amides is 1. The second-order valence-electron chi connectivity index (χ2n) is 5.37. The van der Waals surface area contributed by atoms with Crippen molar-refractivity contribution in [3.63, 3.8) is 0 Å². The van der Waals surface area contributed by atoms with Crippen LogP contribution in [0.1, 0.15) is 26.2 Å². The summed E-state index contributed by atoms with van der Waals surface area (Å²) in [5.74, 6) is -1.58. The summed E-state index contributed by atoms with van der Waals surface area (Å²) in [6.07, 6.45) is 2.24. The van der Waals surface area contributed by atoms with Gasteiger partial charge in [-0.15, -0.1) is 0 Å². The van der Waals surface area contributed by atoms with Crippen LogP contribution in [0.15, 0.2) is 0 Å². The fourth-order valence-corrected chi connectivity index (χ4v) is 2.95. The highest BCUT2D eigenvalue weighted by atomic mass is 16.5. The van der Waals surface area contributed by atoms with Gasteiger partial charge in [0.25, 0.3) is 0 Å². The quantitative estimate of drug-likeness (QED) is 0.777. The summed E-state index contributed by atoms with van der Waals surface area (Å²) >= 11 is 0.